The van der Waals surface area contributed by atoms with Crippen molar-refractivity contribution >= 4 is 23.7 Å². The van der Waals surface area contributed by atoms with Crippen molar-refractivity contribution in [3.8, 4) is 0 Å². The molecule has 5 unspecified atom stereocenters. The first-order chi connectivity index (χ1) is 16.1. The normalized spacial score (nSPS) is 19.2. The molecule has 5 N–H and O–H groups in total. The average molecular weight is 475 g/mol. The maximum Gasteiger partial charge on any atom is 0.326 e. The molecule has 0 aliphatic carbocycles. The lowest BCUT2D eigenvalue weighted by atomic mass is 9.98. The van der Waals surface area contributed by atoms with E-state index >= 15 is 0 Å². The number of rotatable bonds is 11. The van der Waals surface area contributed by atoms with E-state index in [1.54, 1.807) is 6.92 Å². The predicted molar refractivity (Wildman–Crippen MR) is 129 cm³/mol. The summed E-state index contributed by atoms with van der Waals surface area (Å²) in [5, 5.41) is 14.9. The molecular weight excluding hydrogens is 436 g/mol. The lowest BCUT2D eigenvalue weighted by Crippen LogP contribution is -2.58. The van der Waals surface area contributed by atoms with Crippen molar-refractivity contribution in [3.63, 3.8) is 0 Å². The first kappa shape index (κ1) is 27.3. The molecule has 1 heterocycles. The van der Waals surface area contributed by atoms with Gasteiger partial charge in [-0.1, -0.05) is 64.4 Å². The fourth-order valence-corrected chi connectivity index (χ4v) is 4.15. The first-order valence-electron chi connectivity index (χ1n) is 12.0. The largest absolute Gasteiger partial charge is 0.480 e. The molecule has 9 nitrogen and oxygen atoms in total. The Labute approximate surface area is 201 Å². The van der Waals surface area contributed by atoms with Gasteiger partial charge in [0.1, 0.15) is 18.1 Å². The number of nitrogens with two attached hydrogens (primary N) is 1. The number of carbonyl (C=O) groups excluding carboxylic acids is 3. The van der Waals surface area contributed by atoms with Gasteiger partial charge < -0.3 is 26.4 Å². The highest BCUT2D eigenvalue weighted by Crippen LogP contribution is 2.21. The fourth-order valence-electron chi connectivity index (χ4n) is 4.15. The fraction of sp³-hybridized carbons (Fsp3) is 0.600. The number of aliphatic carboxylic acids is 1. The number of hydrogen-bond donors (Lipinski definition) is 4. The summed E-state index contributed by atoms with van der Waals surface area (Å²) in [7, 11) is 0. The number of amides is 3. The molecule has 1 fully saturated rings. The van der Waals surface area contributed by atoms with Gasteiger partial charge in [0.2, 0.25) is 17.7 Å². The number of benzene rings is 1. The lowest BCUT2D eigenvalue weighted by molar-refractivity contribution is -0.146. The molecule has 1 aliphatic rings. The highest BCUT2D eigenvalue weighted by Gasteiger charge is 2.40. The Hall–Kier alpha value is -2.94. The van der Waals surface area contributed by atoms with Crippen LogP contribution in [0.4, 0.5) is 0 Å². The Morgan fingerprint density at radius 3 is 2.29 bits per heavy atom. The van der Waals surface area contributed by atoms with Gasteiger partial charge in [-0.2, -0.15) is 0 Å². The third-order valence-corrected chi connectivity index (χ3v) is 6.48. The third kappa shape index (κ3) is 7.03. The van der Waals surface area contributed by atoms with Crippen LogP contribution in [0.3, 0.4) is 0 Å². The van der Waals surface area contributed by atoms with E-state index in [0.717, 1.165) is 5.56 Å². The minimum Gasteiger partial charge on any atom is -0.480 e. The Bertz CT molecular complexity index is 860. The first-order valence-corrected chi connectivity index (χ1v) is 12.0. The van der Waals surface area contributed by atoms with Crippen LogP contribution < -0.4 is 16.4 Å². The maximum absolute atomic E-state index is 13.4. The van der Waals surface area contributed by atoms with Gasteiger partial charge in [-0.3, -0.25) is 14.4 Å². The van der Waals surface area contributed by atoms with Crippen molar-refractivity contribution in [1.29, 1.82) is 0 Å². The minimum absolute atomic E-state index is 0.225. The van der Waals surface area contributed by atoms with Crippen LogP contribution in [0.1, 0.15) is 52.5 Å². The van der Waals surface area contributed by atoms with Crippen LogP contribution in [0.15, 0.2) is 30.3 Å². The van der Waals surface area contributed by atoms with Crippen molar-refractivity contribution in [3.05, 3.63) is 35.9 Å². The van der Waals surface area contributed by atoms with Crippen molar-refractivity contribution in [2.45, 2.75) is 77.5 Å². The molecule has 0 radical (unpaired) electrons. The molecule has 0 spiro atoms. The molecule has 1 aliphatic heterocycles. The van der Waals surface area contributed by atoms with E-state index in [0.29, 0.717) is 32.2 Å². The number of carboxylic acids is 1. The highest BCUT2D eigenvalue weighted by molar-refractivity contribution is 5.94. The number of nitrogens with zero attached hydrogens (tertiary/aromatic N) is 1. The summed E-state index contributed by atoms with van der Waals surface area (Å²) in [5.41, 5.74) is 7.01. The van der Waals surface area contributed by atoms with E-state index < -0.39 is 42.0 Å². The van der Waals surface area contributed by atoms with Crippen LogP contribution in [0.25, 0.3) is 0 Å². The topological polar surface area (TPSA) is 142 Å². The summed E-state index contributed by atoms with van der Waals surface area (Å²) in [6.45, 7) is 7.63. The van der Waals surface area contributed by atoms with Crippen LogP contribution >= 0.6 is 0 Å². The van der Waals surface area contributed by atoms with Crippen LogP contribution in [0, 0.1) is 11.8 Å². The number of likely N-dealkylation sites (tertiary alicyclic amines) is 1. The molecule has 2 rings (SSSR count). The molecule has 0 aromatic heterocycles. The highest BCUT2D eigenvalue weighted by atomic mass is 16.4. The number of hydrogen-bond acceptors (Lipinski definition) is 5. The van der Waals surface area contributed by atoms with Gasteiger partial charge in [0.25, 0.3) is 0 Å². The second kappa shape index (κ2) is 12.5. The number of carboxylic acid groups (broad SMARTS) is 1. The van der Waals surface area contributed by atoms with Gasteiger partial charge in [0.05, 0.1) is 6.04 Å². The average Bonchev–Trinajstić information content (AvgIpc) is 3.30. The quantitative estimate of drug-likeness (QED) is 0.381. The van der Waals surface area contributed by atoms with Gasteiger partial charge in [-0.25, -0.2) is 4.79 Å². The predicted octanol–water partition coefficient (Wildman–Crippen LogP) is 1.30. The van der Waals surface area contributed by atoms with Gasteiger partial charge in [0.15, 0.2) is 0 Å². The number of nitrogens with one attached hydrogen (secondary N) is 2. The molecule has 1 aromatic rings. The van der Waals surface area contributed by atoms with E-state index in [2.05, 4.69) is 10.6 Å². The lowest BCUT2D eigenvalue weighted by Gasteiger charge is -2.32. The smallest absolute Gasteiger partial charge is 0.326 e. The summed E-state index contributed by atoms with van der Waals surface area (Å²) in [5.74, 6) is -2.84. The zero-order valence-corrected chi connectivity index (χ0v) is 20.5. The standard InChI is InChI=1S/C25H38N4O5/c1-5-16(4)21(25(33)34)28-23(31)19-12-9-13-29(19)24(32)20(15(2)3)27-22(30)18(26)14-17-10-7-6-8-11-17/h6-8,10-11,15-16,18-21H,5,9,12-14,26H2,1-4H3,(H,27,30)(H,28,31)(H,33,34). The summed E-state index contributed by atoms with van der Waals surface area (Å²) in [6, 6.07) is 5.94. The van der Waals surface area contributed by atoms with Crippen LogP contribution in [0.5, 0.6) is 0 Å². The van der Waals surface area contributed by atoms with Gasteiger partial charge >= 0.3 is 5.97 Å². The van der Waals surface area contributed by atoms with Crippen molar-refractivity contribution in [1.82, 2.24) is 15.5 Å². The molecule has 188 valence electrons. The monoisotopic (exact) mass is 474 g/mol. The molecular formula is C25H38N4O5. The molecule has 9 heteroatoms. The molecule has 5 atom stereocenters. The van der Waals surface area contributed by atoms with Gasteiger partial charge in [-0.05, 0) is 36.7 Å². The van der Waals surface area contributed by atoms with Gasteiger partial charge in [0, 0.05) is 6.54 Å². The second-order valence-corrected chi connectivity index (χ2v) is 9.43. The minimum atomic E-state index is -1.10. The molecule has 1 saturated heterocycles. The Balaban J connectivity index is 2.09. The van der Waals surface area contributed by atoms with Crippen molar-refractivity contribution < 1.29 is 24.3 Å². The van der Waals surface area contributed by atoms with Crippen molar-refractivity contribution in [2.75, 3.05) is 6.54 Å². The SMILES string of the molecule is CCC(C)C(NC(=O)C1CCCN1C(=O)C(NC(=O)C(N)Cc1ccccc1)C(C)C)C(=O)O. The zero-order chi connectivity index (χ0) is 25.4. The van der Waals surface area contributed by atoms with E-state index in [1.807, 2.05) is 51.1 Å². The molecule has 0 bridgehead atoms. The van der Waals surface area contributed by atoms with Crippen LogP contribution in [0.2, 0.25) is 0 Å². The summed E-state index contributed by atoms with van der Waals surface area (Å²) < 4.78 is 0. The maximum atomic E-state index is 13.4. The van der Waals surface area contributed by atoms with Crippen molar-refractivity contribution in [2.24, 2.45) is 17.6 Å². The zero-order valence-electron chi connectivity index (χ0n) is 20.5. The number of carbonyl (C=O) groups is 4. The third-order valence-electron chi connectivity index (χ3n) is 6.48. The molecule has 3 amide bonds. The van der Waals surface area contributed by atoms with E-state index in [4.69, 9.17) is 5.73 Å². The van der Waals surface area contributed by atoms with Crippen LogP contribution in [-0.4, -0.2) is 64.4 Å². The van der Waals surface area contributed by atoms with E-state index in [-0.39, 0.29) is 17.7 Å². The molecule has 0 saturated carbocycles. The van der Waals surface area contributed by atoms with E-state index in [1.165, 1.54) is 4.90 Å². The summed E-state index contributed by atoms with van der Waals surface area (Å²) >= 11 is 0. The Morgan fingerprint density at radius 1 is 1.09 bits per heavy atom. The van der Waals surface area contributed by atoms with E-state index in [9.17, 15) is 24.3 Å². The van der Waals surface area contributed by atoms with Gasteiger partial charge in [-0.15, -0.1) is 0 Å². The Kier molecular flexibility index (Phi) is 10.0. The Morgan fingerprint density at radius 2 is 1.74 bits per heavy atom. The summed E-state index contributed by atoms with van der Waals surface area (Å²) in [4.78, 5) is 52.2. The molecule has 1 aromatic carbocycles. The summed E-state index contributed by atoms with van der Waals surface area (Å²) in [6.07, 6.45) is 2.00. The van der Waals surface area contributed by atoms with Crippen LogP contribution in [-0.2, 0) is 25.6 Å². The molecule has 34 heavy (non-hydrogen) atoms. The second-order valence-electron chi connectivity index (χ2n) is 9.43.